The zero-order valence-electron chi connectivity index (χ0n) is 16.6. The Morgan fingerprint density at radius 2 is 1.86 bits per heavy atom. The molecule has 0 bridgehead atoms. The van der Waals surface area contributed by atoms with Crippen molar-refractivity contribution in [2.45, 2.75) is 31.2 Å². The van der Waals surface area contributed by atoms with E-state index < -0.39 is 10.0 Å². The number of nitrogens with zero attached hydrogens (tertiary/aromatic N) is 2. The van der Waals surface area contributed by atoms with Crippen LogP contribution in [0.3, 0.4) is 0 Å². The van der Waals surface area contributed by atoms with Crippen LogP contribution in [0.1, 0.15) is 24.0 Å². The number of likely N-dealkylation sites (N-methyl/N-ethyl adjacent to an activating group) is 1. The molecule has 0 radical (unpaired) electrons. The fourth-order valence-corrected chi connectivity index (χ4v) is 4.84. The van der Waals surface area contributed by atoms with E-state index in [1.54, 1.807) is 44.3 Å². The summed E-state index contributed by atoms with van der Waals surface area (Å²) < 4.78 is 46.1. The van der Waals surface area contributed by atoms with Crippen molar-refractivity contribution in [2.75, 3.05) is 26.7 Å². The Labute approximate surface area is 170 Å². The number of carbonyl (C=O) groups excluding carboxylic acids is 1. The third-order valence-electron chi connectivity index (χ3n) is 4.99. The summed E-state index contributed by atoms with van der Waals surface area (Å²) in [7, 11) is -1.91. The van der Waals surface area contributed by atoms with E-state index >= 15 is 0 Å². The normalized spacial score (nSPS) is 14.7. The SMILES string of the molecule is Cc1cc(S(=O)(=O)N2CCCC2)ccc1OCC(=O)N(C)Cc1ccccc1F. The molecule has 1 fully saturated rings. The second-order valence-corrected chi connectivity index (χ2v) is 9.11. The number of carbonyl (C=O) groups is 1. The van der Waals surface area contributed by atoms with Gasteiger partial charge < -0.3 is 9.64 Å². The van der Waals surface area contributed by atoms with Gasteiger partial charge in [0.2, 0.25) is 10.0 Å². The monoisotopic (exact) mass is 420 g/mol. The van der Waals surface area contributed by atoms with Crippen molar-refractivity contribution in [3.63, 3.8) is 0 Å². The number of aryl methyl sites for hydroxylation is 1. The van der Waals surface area contributed by atoms with Crippen molar-refractivity contribution >= 4 is 15.9 Å². The second-order valence-electron chi connectivity index (χ2n) is 7.17. The van der Waals surface area contributed by atoms with E-state index in [9.17, 15) is 17.6 Å². The van der Waals surface area contributed by atoms with Crippen LogP contribution in [0.5, 0.6) is 5.75 Å². The molecule has 8 heteroatoms. The fourth-order valence-electron chi connectivity index (χ4n) is 3.24. The van der Waals surface area contributed by atoms with Crippen LogP contribution in [0.2, 0.25) is 0 Å². The summed E-state index contributed by atoms with van der Waals surface area (Å²) in [5, 5.41) is 0. The highest BCUT2D eigenvalue weighted by Gasteiger charge is 2.27. The zero-order chi connectivity index (χ0) is 21.0. The van der Waals surface area contributed by atoms with Crippen LogP contribution in [0, 0.1) is 12.7 Å². The maximum absolute atomic E-state index is 13.7. The highest BCUT2D eigenvalue weighted by molar-refractivity contribution is 7.89. The van der Waals surface area contributed by atoms with Gasteiger partial charge in [-0.1, -0.05) is 18.2 Å². The predicted octanol–water partition coefficient (Wildman–Crippen LogP) is 2.96. The minimum Gasteiger partial charge on any atom is -0.483 e. The van der Waals surface area contributed by atoms with Gasteiger partial charge in [-0.3, -0.25) is 4.79 Å². The van der Waals surface area contributed by atoms with Crippen molar-refractivity contribution in [1.29, 1.82) is 0 Å². The van der Waals surface area contributed by atoms with E-state index in [2.05, 4.69) is 0 Å². The molecule has 2 aromatic carbocycles. The maximum Gasteiger partial charge on any atom is 0.260 e. The first-order chi connectivity index (χ1) is 13.8. The number of amides is 1. The lowest BCUT2D eigenvalue weighted by atomic mass is 10.2. The molecule has 0 saturated carbocycles. The lowest BCUT2D eigenvalue weighted by molar-refractivity contribution is -0.132. The first kappa shape index (κ1) is 21.3. The molecule has 0 atom stereocenters. The van der Waals surface area contributed by atoms with Gasteiger partial charge in [0, 0.05) is 32.2 Å². The molecule has 0 spiro atoms. The van der Waals surface area contributed by atoms with Gasteiger partial charge in [-0.05, 0) is 49.6 Å². The maximum atomic E-state index is 13.7. The molecular formula is C21H25FN2O4S. The third-order valence-corrected chi connectivity index (χ3v) is 6.89. The largest absolute Gasteiger partial charge is 0.483 e. The smallest absolute Gasteiger partial charge is 0.260 e. The Morgan fingerprint density at radius 3 is 2.52 bits per heavy atom. The first-order valence-corrected chi connectivity index (χ1v) is 10.9. The number of rotatable bonds is 7. The van der Waals surface area contributed by atoms with Crippen LogP contribution in [0.25, 0.3) is 0 Å². The average molecular weight is 421 g/mol. The summed E-state index contributed by atoms with van der Waals surface area (Å²) in [4.78, 5) is 13.9. The Bertz CT molecular complexity index is 988. The van der Waals surface area contributed by atoms with Crippen LogP contribution in [0.4, 0.5) is 4.39 Å². The topological polar surface area (TPSA) is 66.9 Å². The van der Waals surface area contributed by atoms with Gasteiger partial charge in [-0.15, -0.1) is 0 Å². The van der Waals surface area contributed by atoms with Gasteiger partial charge >= 0.3 is 0 Å². The Kier molecular flexibility index (Phi) is 6.54. The van der Waals surface area contributed by atoms with E-state index in [1.165, 1.54) is 21.3 Å². The van der Waals surface area contributed by atoms with E-state index in [4.69, 9.17) is 4.74 Å². The lowest BCUT2D eigenvalue weighted by Crippen LogP contribution is -2.31. The van der Waals surface area contributed by atoms with Crippen LogP contribution < -0.4 is 4.74 Å². The highest BCUT2D eigenvalue weighted by atomic mass is 32.2. The van der Waals surface area contributed by atoms with Gasteiger partial charge in [0.05, 0.1) is 4.90 Å². The molecule has 0 unspecified atom stereocenters. The molecule has 3 rings (SSSR count). The molecule has 29 heavy (non-hydrogen) atoms. The molecule has 0 aromatic heterocycles. The molecule has 1 amide bonds. The number of hydrogen-bond acceptors (Lipinski definition) is 4. The summed E-state index contributed by atoms with van der Waals surface area (Å²) in [6.07, 6.45) is 1.75. The summed E-state index contributed by atoms with van der Waals surface area (Å²) in [6, 6.07) is 10.9. The van der Waals surface area contributed by atoms with Crippen LogP contribution in [-0.4, -0.2) is 50.3 Å². The number of hydrogen-bond donors (Lipinski definition) is 0. The van der Waals surface area contributed by atoms with Gasteiger partial charge in [0.1, 0.15) is 11.6 Å². The molecule has 0 N–H and O–H groups in total. The molecule has 6 nitrogen and oxygen atoms in total. The van der Waals surface area contributed by atoms with E-state index in [0.29, 0.717) is 30.0 Å². The van der Waals surface area contributed by atoms with Gasteiger partial charge in [0.15, 0.2) is 6.61 Å². The Hall–Kier alpha value is -2.45. The van der Waals surface area contributed by atoms with E-state index in [-0.39, 0.29) is 29.8 Å². The summed E-state index contributed by atoms with van der Waals surface area (Å²) in [5.41, 5.74) is 1.06. The molecule has 1 aliphatic rings. The quantitative estimate of drug-likeness (QED) is 0.691. The molecule has 1 aliphatic heterocycles. The van der Waals surface area contributed by atoms with Gasteiger partial charge in [0.25, 0.3) is 5.91 Å². The van der Waals surface area contributed by atoms with Crippen molar-refractivity contribution in [2.24, 2.45) is 0 Å². The Morgan fingerprint density at radius 1 is 1.17 bits per heavy atom. The predicted molar refractivity (Wildman–Crippen MR) is 108 cm³/mol. The van der Waals surface area contributed by atoms with E-state index in [0.717, 1.165) is 12.8 Å². The van der Waals surface area contributed by atoms with Gasteiger partial charge in [-0.2, -0.15) is 4.31 Å². The molecule has 2 aromatic rings. The minimum absolute atomic E-state index is 0.140. The molecule has 1 heterocycles. The molecular weight excluding hydrogens is 395 g/mol. The standard InChI is InChI=1S/C21H25FN2O4S/c1-16-13-18(29(26,27)24-11-5-6-12-24)9-10-20(16)28-15-21(25)23(2)14-17-7-3-4-8-19(17)22/h3-4,7-10,13H,5-6,11-12,14-15H2,1-2H3. The Balaban J connectivity index is 1.62. The number of halogens is 1. The average Bonchev–Trinajstić information content (AvgIpc) is 3.24. The number of sulfonamides is 1. The third kappa shape index (κ3) is 4.94. The lowest BCUT2D eigenvalue weighted by Gasteiger charge is -2.19. The fraction of sp³-hybridized carbons (Fsp3) is 0.381. The van der Waals surface area contributed by atoms with Gasteiger partial charge in [-0.25, -0.2) is 12.8 Å². The summed E-state index contributed by atoms with van der Waals surface area (Å²) >= 11 is 0. The molecule has 156 valence electrons. The van der Waals surface area contributed by atoms with Crippen molar-refractivity contribution in [3.8, 4) is 5.75 Å². The number of benzene rings is 2. The van der Waals surface area contributed by atoms with Crippen LogP contribution in [0.15, 0.2) is 47.4 Å². The van der Waals surface area contributed by atoms with E-state index in [1.807, 2.05) is 0 Å². The van der Waals surface area contributed by atoms with Crippen LogP contribution >= 0.6 is 0 Å². The van der Waals surface area contributed by atoms with Crippen molar-refractivity contribution in [1.82, 2.24) is 9.21 Å². The zero-order valence-corrected chi connectivity index (χ0v) is 17.4. The highest BCUT2D eigenvalue weighted by Crippen LogP contribution is 2.26. The first-order valence-electron chi connectivity index (χ1n) is 9.50. The van der Waals surface area contributed by atoms with Crippen molar-refractivity contribution in [3.05, 3.63) is 59.4 Å². The minimum atomic E-state index is -3.49. The second kappa shape index (κ2) is 8.92. The number of ether oxygens (including phenoxy) is 1. The summed E-state index contributed by atoms with van der Waals surface area (Å²) in [6.45, 7) is 2.75. The summed E-state index contributed by atoms with van der Waals surface area (Å²) in [5.74, 6) is -0.224. The van der Waals surface area contributed by atoms with Crippen molar-refractivity contribution < 1.29 is 22.3 Å². The molecule has 1 saturated heterocycles. The molecule has 0 aliphatic carbocycles. The van der Waals surface area contributed by atoms with Crippen LogP contribution in [-0.2, 0) is 21.4 Å².